The number of para-hydroxylation sites is 1. The molecule has 0 fully saturated rings. The van der Waals surface area contributed by atoms with Gasteiger partial charge in [0.15, 0.2) is 0 Å². The second-order valence-corrected chi connectivity index (χ2v) is 7.40. The number of rotatable bonds is 3. The van der Waals surface area contributed by atoms with Gasteiger partial charge in [0.25, 0.3) is 11.8 Å². The molecule has 0 unspecified atom stereocenters. The fourth-order valence-corrected chi connectivity index (χ4v) is 3.96. The lowest BCUT2D eigenvalue weighted by atomic mass is 10.0. The molecule has 5 nitrogen and oxygen atoms in total. The van der Waals surface area contributed by atoms with Crippen LogP contribution in [0.15, 0.2) is 46.9 Å². The topological polar surface area (TPSA) is 57.7 Å². The molecule has 0 atom stereocenters. The van der Waals surface area contributed by atoms with Crippen LogP contribution in [0.3, 0.4) is 0 Å². The van der Waals surface area contributed by atoms with Crippen molar-refractivity contribution in [2.45, 2.75) is 19.3 Å². The summed E-state index contributed by atoms with van der Waals surface area (Å²) in [6, 6.07) is 12.9. The Morgan fingerprint density at radius 1 is 1.04 bits per heavy atom. The molecular formula is C20H17BrN2O3. The molecule has 2 aromatic rings. The first kappa shape index (κ1) is 17.0. The largest absolute Gasteiger partial charge is 0.312 e. The molecule has 0 saturated heterocycles. The lowest BCUT2D eigenvalue weighted by Crippen LogP contribution is -2.39. The molecule has 0 bridgehead atoms. The molecule has 4 rings (SSSR count). The number of amides is 3. The number of imide groups is 1. The number of benzene rings is 2. The lowest BCUT2D eigenvalue weighted by Gasteiger charge is -2.30. The fraction of sp³-hybridized carbons (Fsp3) is 0.250. The van der Waals surface area contributed by atoms with Gasteiger partial charge in [-0.3, -0.25) is 19.3 Å². The van der Waals surface area contributed by atoms with Gasteiger partial charge < -0.3 is 4.90 Å². The van der Waals surface area contributed by atoms with Crippen LogP contribution in [0.4, 0.5) is 5.69 Å². The van der Waals surface area contributed by atoms with Crippen LogP contribution in [-0.2, 0) is 11.2 Å². The number of anilines is 1. The molecule has 3 amide bonds. The van der Waals surface area contributed by atoms with E-state index in [0.717, 1.165) is 28.6 Å². The molecule has 0 saturated carbocycles. The zero-order chi connectivity index (χ0) is 18.3. The zero-order valence-electron chi connectivity index (χ0n) is 14.1. The van der Waals surface area contributed by atoms with Crippen molar-refractivity contribution in [2.24, 2.45) is 0 Å². The van der Waals surface area contributed by atoms with E-state index in [1.54, 1.807) is 23.1 Å². The van der Waals surface area contributed by atoms with Crippen molar-refractivity contribution in [2.75, 3.05) is 18.0 Å². The fourth-order valence-electron chi connectivity index (χ4n) is 3.60. The van der Waals surface area contributed by atoms with Crippen LogP contribution >= 0.6 is 15.9 Å². The van der Waals surface area contributed by atoms with Crippen molar-refractivity contribution in [3.05, 3.63) is 63.6 Å². The van der Waals surface area contributed by atoms with Crippen molar-refractivity contribution < 1.29 is 14.4 Å². The van der Waals surface area contributed by atoms with Crippen LogP contribution in [-0.4, -0.2) is 35.7 Å². The number of aryl methyl sites for hydroxylation is 1. The highest BCUT2D eigenvalue weighted by Crippen LogP contribution is 2.29. The smallest absolute Gasteiger partial charge is 0.261 e. The maximum absolute atomic E-state index is 12.7. The average molecular weight is 413 g/mol. The number of hydrogen-bond donors (Lipinski definition) is 0. The third kappa shape index (κ3) is 2.84. The van der Waals surface area contributed by atoms with Crippen LogP contribution < -0.4 is 4.90 Å². The quantitative estimate of drug-likeness (QED) is 0.725. The molecule has 2 aliphatic rings. The number of halogens is 1. The van der Waals surface area contributed by atoms with E-state index < -0.39 is 0 Å². The van der Waals surface area contributed by atoms with Gasteiger partial charge in [0, 0.05) is 29.7 Å². The summed E-state index contributed by atoms with van der Waals surface area (Å²) in [5.74, 6) is -0.725. The lowest BCUT2D eigenvalue weighted by molar-refractivity contribution is -0.118. The highest BCUT2D eigenvalue weighted by Gasteiger charge is 2.36. The van der Waals surface area contributed by atoms with Crippen LogP contribution in [0.5, 0.6) is 0 Å². The number of fused-ring (bicyclic) bond motifs is 2. The van der Waals surface area contributed by atoms with Gasteiger partial charge >= 0.3 is 0 Å². The Kier molecular flexibility index (Phi) is 4.36. The van der Waals surface area contributed by atoms with Gasteiger partial charge in [-0.1, -0.05) is 34.1 Å². The molecule has 132 valence electrons. The first-order valence-corrected chi connectivity index (χ1v) is 9.39. The molecule has 0 spiro atoms. The molecule has 2 aromatic carbocycles. The molecule has 0 aliphatic carbocycles. The van der Waals surface area contributed by atoms with E-state index in [1.165, 1.54) is 4.90 Å². The summed E-state index contributed by atoms with van der Waals surface area (Å²) in [4.78, 5) is 40.6. The molecule has 2 aliphatic heterocycles. The van der Waals surface area contributed by atoms with Gasteiger partial charge in [-0.2, -0.15) is 0 Å². The first-order chi connectivity index (χ1) is 12.6. The molecular weight excluding hydrogens is 396 g/mol. The second-order valence-electron chi connectivity index (χ2n) is 6.48. The van der Waals surface area contributed by atoms with Crippen molar-refractivity contribution in [3.8, 4) is 0 Å². The summed E-state index contributed by atoms with van der Waals surface area (Å²) in [5.41, 5.74) is 2.89. The SMILES string of the molecule is O=C1c2ccc(Br)cc2C(=O)N1CCC(=O)N1CCCc2ccccc21. The van der Waals surface area contributed by atoms with Crippen molar-refractivity contribution in [1.29, 1.82) is 0 Å². The maximum atomic E-state index is 12.7. The third-order valence-corrected chi connectivity index (χ3v) is 5.39. The van der Waals surface area contributed by atoms with Crippen molar-refractivity contribution >= 4 is 39.3 Å². The van der Waals surface area contributed by atoms with E-state index in [0.29, 0.717) is 17.7 Å². The molecule has 0 radical (unpaired) electrons. The number of nitrogens with zero attached hydrogens (tertiary/aromatic N) is 2. The van der Waals surface area contributed by atoms with E-state index in [-0.39, 0.29) is 30.7 Å². The number of carbonyl (C=O) groups is 3. The predicted molar refractivity (Wildman–Crippen MR) is 101 cm³/mol. The summed E-state index contributed by atoms with van der Waals surface area (Å²) in [6.07, 6.45) is 2.01. The number of carbonyl (C=O) groups excluding carboxylic acids is 3. The van der Waals surface area contributed by atoms with Crippen LogP contribution in [0.25, 0.3) is 0 Å². The Balaban J connectivity index is 1.48. The van der Waals surface area contributed by atoms with E-state index in [1.807, 2.05) is 24.3 Å². The maximum Gasteiger partial charge on any atom is 0.261 e. The second kappa shape index (κ2) is 6.68. The van der Waals surface area contributed by atoms with Crippen molar-refractivity contribution in [3.63, 3.8) is 0 Å². The van der Waals surface area contributed by atoms with Crippen LogP contribution in [0, 0.1) is 0 Å². The summed E-state index contributed by atoms with van der Waals surface area (Å²) in [6.45, 7) is 0.770. The molecule has 2 heterocycles. The monoisotopic (exact) mass is 412 g/mol. The predicted octanol–water partition coefficient (Wildman–Crippen LogP) is 3.41. The summed E-state index contributed by atoms with van der Waals surface area (Å²) < 4.78 is 0.750. The molecule has 26 heavy (non-hydrogen) atoms. The van der Waals surface area contributed by atoms with Gasteiger partial charge in [-0.05, 0) is 42.7 Å². The Morgan fingerprint density at radius 2 is 1.81 bits per heavy atom. The van der Waals surface area contributed by atoms with Gasteiger partial charge in [-0.15, -0.1) is 0 Å². The first-order valence-electron chi connectivity index (χ1n) is 8.60. The summed E-state index contributed by atoms with van der Waals surface area (Å²) in [5, 5.41) is 0. The normalized spacial score (nSPS) is 15.9. The van der Waals surface area contributed by atoms with Gasteiger partial charge in [0.2, 0.25) is 5.91 Å². The van der Waals surface area contributed by atoms with E-state index in [2.05, 4.69) is 15.9 Å². The standard InChI is InChI=1S/C20H17BrN2O3/c21-14-7-8-15-16(12-14)20(26)23(19(15)25)11-9-18(24)22-10-3-5-13-4-1-2-6-17(13)22/h1-2,4,6-8,12H,3,5,9-11H2. The highest BCUT2D eigenvalue weighted by atomic mass is 79.9. The molecule has 0 aromatic heterocycles. The van der Waals surface area contributed by atoms with Crippen LogP contribution in [0.2, 0.25) is 0 Å². The van der Waals surface area contributed by atoms with Gasteiger partial charge in [-0.25, -0.2) is 0 Å². The minimum absolute atomic E-state index is 0.0603. The minimum atomic E-state index is -0.335. The Labute approximate surface area is 159 Å². The average Bonchev–Trinajstić information content (AvgIpc) is 2.89. The van der Waals surface area contributed by atoms with Gasteiger partial charge in [0.05, 0.1) is 11.1 Å². The number of hydrogen-bond acceptors (Lipinski definition) is 3. The van der Waals surface area contributed by atoms with Crippen LogP contribution in [0.1, 0.15) is 39.1 Å². The van der Waals surface area contributed by atoms with E-state index in [9.17, 15) is 14.4 Å². The minimum Gasteiger partial charge on any atom is -0.312 e. The Bertz CT molecular complexity index is 925. The molecule has 6 heteroatoms. The summed E-state index contributed by atoms with van der Waals surface area (Å²) in [7, 11) is 0. The molecule has 0 N–H and O–H groups in total. The third-order valence-electron chi connectivity index (χ3n) is 4.89. The van der Waals surface area contributed by atoms with Gasteiger partial charge in [0.1, 0.15) is 0 Å². The Hall–Kier alpha value is -2.47. The Morgan fingerprint density at radius 3 is 2.65 bits per heavy atom. The summed E-state index contributed by atoms with van der Waals surface area (Å²) >= 11 is 3.32. The van der Waals surface area contributed by atoms with E-state index in [4.69, 9.17) is 0 Å². The zero-order valence-corrected chi connectivity index (χ0v) is 15.7. The van der Waals surface area contributed by atoms with Crippen molar-refractivity contribution in [1.82, 2.24) is 4.90 Å². The highest BCUT2D eigenvalue weighted by molar-refractivity contribution is 9.10. The van der Waals surface area contributed by atoms with E-state index >= 15 is 0 Å².